The van der Waals surface area contributed by atoms with Crippen LogP contribution >= 0.6 is 11.3 Å². The summed E-state index contributed by atoms with van der Waals surface area (Å²) in [6.45, 7) is 1.80. The highest BCUT2D eigenvalue weighted by molar-refractivity contribution is 7.18. The first-order valence-electron chi connectivity index (χ1n) is 8.46. The second-order valence-electron chi connectivity index (χ2n) is 6.37. The van der Waals surface area contributed by atoms with E-state index in [-0.39, 0.29) is 24.1 Å². The molecule has 1 atom stereocenters. The topological polar surface area (TPSA) is 77.1 Å². The van der Waals surface area contributed by atoms with Crippen LogP contribution in [0.1, 0.15) is 42.0 Å². The van der Waals surface area contributed by atoms with Gasteiger partial charge in [0.05, 0.1) is 24.0 Å². The van der Waals surface area contributed by atoms with Crippen molar-refractivity contribution < 1.29 is 9.21 Å². The Morgan fingerprint density at radius 2 is 2.28 bits per heavy atom. The van der Waals surface area contributed by atoms with Crippen LogP contribution in [0.4, 0.5) is 0 Å². The monoisotopic (exact) mass is 357 g/mol. The Labute approximate surface area is 148 Å². The first-order valence-corrected chi connectivity index (χ1v) is 9.27. The van der Waals surface area contributed by atoms with Gasteiger partial charge in [0.2, 0.25) is 5.91 Å². The molecule has 0 spiro atoms. The number of rotatable bonds is 4. The molecule has 3 aromatic rings. The fourth-order valence-electron chi connectivity index (χ4n) is 3.34. The van der Waals surface area contributed by atoms with Crippen LogP contribution in [-0.2, 0) is 24.2 Å². The molecule has 0 aliphatic heterocycles. The van der Waals surface area contributed by atoms with Crippen molar-refractivity contribution in [2.75, 3.05) is 0 Å². The first-order chi connectivity index (χ1) is 12.1. The molecule has 3 aromatic heterocycles. The van der Waals surface area contributed by atoms with E-state index in [0.717, 1.165) is 29.7 Å². The largest absolute Gasteiger partial charge is 0.467 e. The van der Waals surface area contributed by atoms with Gasteiger partial charge < -0.3 is 9.73 Å². The average Bonchev–Trinajstić information content (AvgIpc) is 3.24. The van der Waals surface area contributed by atoms with Crippen LogP contribution in [0.5, 0.6) is 0 Å². The van der Waals surface area contributed by atoms with Crippen LogP contribution in [0, 0.1) is 0 Å². The van der Waals surface area contributed by atoms with Gasteiger partial charge in [0, 0.05) is 4.88 Å². The van der Waals surface area contributed by atoms with Gasteiger partial charge in [-0.1, -0.05) is 0 Å². The predicted molar refractivity (Wildman–Crippen MR) is 95.8 cm³/mol. The lowest BCUT2D eigenvalue weighted by atomic mass is 9.97. The number of furan rings is 1. The fourth-order valence-corrected chi connectivity index (χ4v) is 4.56. The van der Waals surface area contributed by atoms with Crippen LogP contribution in [0.2, 0.25) is 0 Å². The lowest BCUT2D eigenvalue weighted by Crippen LogP contribution is -2.33. The van der Waals surface area contributed by atoms with Crippen molar-refractivity contribution in [2.45, 2.75) is 45.2 Å². The van der Waals surface area contributed by atoms with E-state index in [4.69, 9.17) is 4.42 Å². The highest BCUT2D eigenvalue weighted by Crippen LogP contribution is 2.33. The molecule has 0 bridgehead atoms. The zero-order valence-corrected chi connectivity index (χ0v) is 14.8. The number of aromatic nitrogens is 2. The normalized spacial score (nSPS) is 15.1. The molecule has 130 valence electrons. The molecule has 3 heterocycles. The SMILES string of the molecule is C[C@H](NC(=O)Cn1cnc2sc3c(c2c1=O)CCCC3)c1ccco1. The Balaban J connectivity index is 1.58. The molecule has 25 heavy (non-hydrogen) atoms. The average molecular weight is 357 g/mol. The van der Waals surface area contributed by atoms with E-state index in [1.165, 1.54) is 22.2 Å². The second kappa shape index (κ2) is 6.48. The van der Waals surface area contributed by atoms with E-state index in [1.54, 1.807) is 23.7 Å². The molecular weight excluding hydrogens is 338 g/mol. The Bertz CT molecular complexity index is 972. The Morgan fingerprint density at radius 1 is 1.44 bits per heavy atom. The molecule has 0 radical (unpaired) electrons. The third-order valence-corrected chi connectivity index (χ3v) is 5.80. The number of fused-ring (bicyclic) bond motifs is 3. The van der Waals surface area contributed by atoms with Gasteiger partial charge in [-0.3, -0.25) is 14.2 Å². The van der Waals surface area contributed by atoms with Gasteiger partial charge in [-0.2, -0.15) is 0 Å². The zero-order valence-electron chi connectivity index (χ0n) is 13.9. The molecule has 0 saturated heterocycles. The zero-order chi connectivity index (χ0) is 17.4. The Kier molecular flexibility index (Phi) is 4.17. The number of nitrogens with one attached hydrogen (secondary N) is 1. The van der Waals surface area contributed by atoms with Crippen LogP contribution in [-0.4, -0.2) is 15.5 Å². The van der Waals surface area contributed by atoms with Crippen molar-refractivity contribution in [3.63, 3.8) is 0 Å². The standard InChI is InChI=1S/C18H19N3O3S/c1-11(13-6-4-8-24-13)20-15(22)9-21-10-19-17-16(18(21)23)12-5-2-3-7-14(12)25-17/h4,6,8,10-11H,2-3,5,7,9H2,1H3,(H,20,22)/t11-/m0/s1. The van der Waals surface area contributed by atoms with Gasteiger partial charge in [0.25, 0.3) is 5.56 Å². The van der Waals surface area contributed by atoms with Crippen molar-refractivity contribution in [3.05, 3.63) is 51.3 Å². The number of aryl methyl sites for hydroxylation is 2. The minimum absolute atomic E-state index is 0.0442. The number of nitrogens with zero attached hydrogens (tertiary/aromatic N) is 2. The maximum Gasteiger partial charge on any atom is 0.262 e. The van der Waals surface area contributed by atoms with Crippen molar-refractivity contribution in [1.82, 2.24) is 14.9 Å². The van der Waals surface area contributed by atoms with Crippen LogP contribution < -0.4 is 10.9 Å². The fraction of sp³-hybridized carbons (Fsp3) is 0.389. The van der Waals surface area contributed by atoms with Crippen molar-refractivity contribution in [1.29, 1.82) is 0 Å². The second-order valence-corrected chi connectivity index (χ2v) is 7.46. The molecule has 0 fully saturated rings. The maximum atomic E-state index is 12.8. The summed E-state index contributed by atoms with van der Waals surface area (Å²) in [6, 6.07) is 3.34. The lowest BCUT2D eigenvalue weighted by Gasteiger charge is -2.13. The van der Waals surface area contributed by atoms with Crippen LogP contribution in [0.3, 0.4) is 0 Å². The predicted octanol–water partition coefficient (Wildman–Crippen LogP) is 2.81. The minimum Gasteiger partial charge on any atom is -0.467 e. The molecule has 6 nitrogen and oxygen atoms in total. The smallest absolute Gasteiger partial charge is 0.262 e. The van der Waals surface area contributed by atoms with Gasteiger partial charge in [-0.25, -0.2) is 4.98 Å². The number of amides is 1. The molecule has 0 unspecified atom stereocenters. The van der Waals surface area contributed by atoms with Crippen LogP contribution in [0.25, 0.3) is 10.2 Å². The third-order valence-electron chi connectivity index (χ3n) is 4.60. The number of carbonyl (C=O) groups excluding carboxylic acids is 1. The molecule has 1 aliphatic rings. The van der Waals surface area contributed by atoms with E-state index in [9.17, 15) is 9.59 Å². The number of thiophene rings is 1. The Hall–Kier alpha value is -2.41. The minimum atomic E-state index is -0.246. The van der Waals surface area contributed by atoms with E-state index in [0.29, 0.717) is 11.1 Å². The van der Waals surface area contributed by atoms with Gasteiger partial charge in [0.15, 0.2) is 0 Å². The quantitative estimate of drug-likeness (QED) is 0.779. The molecule has 1 N–H and O–H groups in total. The van der Waals surface area contributed by atoms with E-state index >= 15 is 0 Å². The number of carbonyl (C=O) groups is 1. The summed E-state index contributed by atoms with van der Waals surface area (Å²) < 4.78 is 6.68. The first kappa shape index (κ1) is 16.1. The Morgan fingerprint density at radius 3 is 3.08 bits per heavy atom. The molecule has 0 aromatic carbocycles. The number of hydrogen-bond acceptors (Lipinski definition) is 5. The molecule has 4 rings (SSSR count). The van der Waals surface area contributed by atoms with Crippen molar-refractivity contribution in [3.8, 4) is 0 Å². The van der Waals surface area contributed by atoms with Crippen molar-refractivity contribution >= 4 is 27.5 Å². The summed E-state index contributed by atoms with van der Waals surface area (Å²) in [4.78, 5) is 31.6. The van der Waals surface area contributed by atoms with Gasteiger partial charge in [-0.05, 0) is 50.3 Å². The summed E-state index contributed by atoms with van der Waals surface area (Å²) in [5.74, 6) is 0.442. The molecule has 1 aliphatic carbocycles. The van der Waals surface area contributed by atoms with Gasteiger partial charge in [0.1, 0.15) is 17.1 Å². The molecular formula is C18H19N3O3S. The summed E-state index contributed by atoms with van der Waals surface area (Å²) in [7, 11) is 0. The third kappa shape index (κ3) is 3.00. The molecule has 1 amide bonds. The highest BCUT2D eigenvalue weighted by atomic mass is 32.1. The summed E-state index contributed by atoms with van der Waals surface area (Å²) >= 11 is 1.61. The van der Waals surface area contributed by atoms with E-state index in [2.05, 4.69) is 10.3 Å². The molecule has 7 heteroatoms. The van der Waals surface area contributed by atoms with Gasteiger partial charge in [-0.15, -0.1) is 11.3 Å². The van der Waals surface area contributed by atoms with Crippen molar-refractivity contribution in [2.24, 2.45) is 0 Å². The van der Waals surface area contributed by atoms with Gasteiger partial charge >= 0.3 is 0 Å². The highest BCUT2D eigenvalue weighted by Gasteiger charge is 2.21. The summed E-state index contributed by atoms with van der Waals surface area (Å²) in [6.07, 6.45) is 7.27. The van der Waals surface area contributed by atoms with E-state index < -0.39 is 0 Å². The summed E-state index contributed by atoms with van der Waals surface area (Å²) in [5, 5.41) is 3.55. The lowest BCUT2D eigenvalue weighted by molar-refractivity contribution is -0.122. The summed E-state index contributed by atoms with van der Waals surface area (Å²) in [5.41, 5.74) is 1.02. The van der Waals surface area contributed by atoms with Crippen LogP contribution in [0.15, 0.2) is 33.9 Å². The van der Waals surface area contributed by atoms with E-state index in [1.807, 2.05) is 13.0 Å². The number of hydrogen-bond donors (Lipinski definition) is 1. The maximum absolute atomic E-state index is 12.8. The molecule has 0 saturated carbocycles.